The number of likely N-dealkylation sites (N-methyl/N-ethyl adjacent to an activating group) is 1. The third-order valence-corrected chi connectivity index (χ3v) is 5.66. The van der Waals surface area contributed by atoms with Gasteiger partial charge in [-0.15, -0.1) is 0 Å². The Morgan fingerprint density at radius 3 is 2.65 bits per heavy atom. The molecule has 3 amide bonds. The summed E-state index contributed by atoms with van der Waals surface area (Å²) in [7, 11) is 3.96. The number of hydrogen-bond donors (Lipinski definition) is 2. The largest absolute Gasteiger partial charge is 0.462 e. The molecule has 1 aliphatic heterocycles. The van der Waals surface area contributed by atoms with Crippen LogP contribution in [0, 0.1) is 11.8 Å². The molecule has 0 aromatic heterocycles. The molecule has 0 spiro atoms. The number of carbonyl (C=O) groups excluding carboxylic acids is 3. The van der Waals surface area contributed by atoms with Crippen LogP contribution in [0.15, 0.2) is 24.3 Å². The van der Waals surface area contributed by atoms with E-state index in [1.54, 1.807) is 36.1 Å². The SMILES string of the molecule is CCOC(=O)c1cccc(NC(=O)N2CCC(CC(=O)NCCN(C)C)C(CC)C2)c1. The molecule has 1 fully saturated rings. The predicted octanol–water partition coefficient (Wildman–Crippen LogP) is 2.81. The number of amides is 3. The van der Waals surface area contributed by atoms with Gasteiger partial charge in [-0.2, -0.15) is 0 Å². The monoisotopic (exact) mass is 432 g/mol. The van der Waals surface area contributed by atoms with E-state index in [0.29, 0.717) is 43.9 Å². The molecule has 8 heteroatoms. The van der Waals surface area contributed by atoms with E-state index < -0.39 is 5.97 Å². The highest BCUT2D eigenvalue weighted by molar-refractivity contribution is 5.94. The fraction of sp³-hybridized carbons (Fsp3) is 0.609. The molecule has 1 saturated heterocycles. The normalized spacial score (nSPS) is 18.5. The van der Waals surface area contributed by atoms with Gasteiger partial charge in [0, 0.05) is 38.3 Å². The van der Waals surface area contributed by atoms with Crippen molar-refractivity contribution in [3.63, 3.8) is 0 Å². The van der Waals surface area contributed by atoms with E-state index in [0.717, 1.165) is 19.4 Å². The lowest BCUT2D eigenvalue weighted by atomic mass is 9.81. The number of ether oxygens (including phenoxy) is 1. The van der Waals surface area contributed by atoms with E-state index in [2.05, 4.69) is 17.6 Å². The van der Waals surface area contributed by atoms with Crippen molar-refractivity contribution in [2.75, 3.05) is 52.2 Å². The highest BCUT2D eigenvalue weighted by Gasteiger charge is 2.31. The molecule has 2 unspecified atom stereocenters. The molecule has 31 heavy (non-hydrogen) atoms. The molecule has 0 aliphatic carbocycles. The molecule has 2 atom stereocenters. The quantitative estimate of drug-likeness (QED) is 0.586. The smallest absolute Gasteiger partial charge is 0.338 e. The van der Waals surface area contributed by atoms with Gasteiger partial charge in [-0.3, -0.25) is 4.79 Å². The second-order valence-electron chi connectivity index (χ2n) is 8.25. The minimum atomic E-state index is -0.408. The average Bonchev–Trinajstić information content (AvgIpc) is 2.74. The summed E-state index contributed by atoms with van der Waals surface area (Å²) in [5.41, 5.74) is 0.969. The molecule has 8 nitrogen and oxygen atoms in total. The third kappa shape index (κ3) is 7.86. The lowest BCUT2D eigenvalue weighted by Crippen LogP contribution is -2.46. The summed E-state index contributed by atoms with van der Waals surface area (Å²) in [6.45, 7) is 6.85. The molecule has 1 aromatic rings. The number of piperidine rings is 1. The molecule has 1 aromatic carbocycles. The third-order valence-electron chi connectivity index (χ3n) is 5.66. The molecule has 1 heterocycles. The highest BCUT2D eigenvalue weighted by atomic mass is 16.5. The number of esters is 1. The summed E-state index contributed by atoms with van der Waals surface area (Å²) in [6.07, 6.45) is 2.22. The van der Waals surface area contributed by atoms with Crippen LogP contribution in [0.5, 0.6) is 0 Å². The van der Waals surface area contributed by atoms with Crippen LogP contribution in [0.25, 0.3) is 0 Å². The first-order valence-corrected chi connectivity index (χ1v) is 11.1. The van der Waals surface area contributed by atoms with E-state index >= 15 is 0 Å². The van der Waals surface area contributed by atoms with Gasteiger partial charge in [0.15, 0.2) is 0 Å². The van der Waals surface area contributed by atoms with Crippen LogP contribution in [0.4, 0.5) is 10.5 Å². The average molecular weight is 433 g/mol. The Balaban J connectivity index is 1.89. The predicted molar refractivity (Wildman–Crippen MR) is 121 cm³/mol. The van der Waals surface area contributed by atoms with Crippen molar-refractivity contribution in [1.82, 2.24) is 15.1 Å². The minimum Gasteiger partial charge on any atom is -0.462 e. The number of anilines is 1. The van der Waals surface area contributed by atoms with Gasteiger partial charge >= 0.3 is 12.0 Å². The maximum atomic E-state index is 12.8. The van der Waals surface area contributed by atoms with Crippen molar-refractivity contribution in [2.45, 2.75) is 33.1 Å². The minimum absolute atomic E-state index is 0.0824. The number of benzene rings is 1. The first-order valence-electron chi connectivity index (χ1n) is 11.1. The number of nitrogens with zero attached hydrogens (tertiary/aromatic N) is 2. The maximum Gasteiger partial charge on any atom is 0.338 e. The lowest BCUT2D eigenvalue weighted by Gasteiger charge is -2.38. The molecule has 0 radical (unpaired) electrons. The van der Waals surface area contributed by atoms with Crippen molar-refractivity contribution in [3.8, 4) is 0 Å². The fourth-order valence-electron chi connectivity index (χ4n) is 3.87. The van der Waals surface area contributed by atoms with Gasteiger partial charge in [-0.05, 0) is 57.5 Å². The lowest BCUT2D eigenvalue weighted by molar-refractivity contribution is -0.122. The maximum absolute atomic E-state index is 12.8. The van der Waals surface area contributed by atoms with Crippen molar-refractivity contribution in [3.05, 3.63) is 29.8 Å². The van der Waals surface area contributed by atoms with Crippen LogP contribution in [0.1, 0.15) is 43.5 Å². The van der Waals surface area contributed by atoms with E-state index in [1.807, 2.05) is 19.0 Å². The van der Waals surface area contributed by atoms with Crippen molar-refractivity contribution in [2.24, 2.45) is 11.8 Å². The van der Waals surface area contributed by atoms with Gasteiger partial charge in [0.2, 0.25) is 5.91 Å². The first kappa shape index (κ1) is 24.7. The molecular formula is C23H36N4O4. The van der Waals surface area contributed by atoms with Crippen LogP contribution in [0.2, 0.25) is 0 Å². The van der Waals surface area contributed by atoms with E-state index in [-0.39, 0.29) is 23.8 Å². The van der Waals surface area contributed by atoms with E-state index in [4.69, 9.17) is 4.74 Å². The van der Waals surface area contributed by atoms with Crippen molar-refractivity contribution < 1.29 is 19.1 Å². The zero-order valence-corrected chi connectivity index (χ0v) is 19.1. The van der Waals surface area contributed by atoms with E-state index in [9.17, 15) is 14.4 Å². The Labute approximate surface area is 185 Å². The Morgan fingerprint density at radius 2 is 1.97 bits per heavy atom. The van der Waals surface area contributed by atoms with Gasteiger partial charge in [-0.1, -0.05) is 19.4 Å². The van der Waals surface area contributed by atoms with Gasteiger partial charge < -0.3 is 25.2 Å². The van der Waals surface area contributed by atoms with Crippen LogP contribution in [-0.2, 0) is 9.53 Å². The molecule has 172 valence electrons. The molecule has 2 rings (SSSR count). The second kappa shape index (κ2) is 12.3. The van der Waals surface area contributed by atoms with Gasteiger partial charge in [0.05, 0.1) is 12.2 Å². The molecule has 0 saturated carbocycles. The molecule has 0 bridgehead atoms. The van der Waals surface area contributed by atoms with Crippen LogP contribution in [-0.4, -0.2) is 74.6 Å². The first-order chi connectivity index (χ1) is 14.8. The van der Waals surface area contributed by atoms with Crippen LogP contribution in [0.3, 0.4) is 0 Å². The van der Waals surface area contributed by atoms with Crippen LogP contribution >= 0.6 is 0 Å². The number of rotatable bonds is 9. The Hall–Kier alpha value is -2.61. The highest BCUT2D eigenvalue weighted by Crippen LogP contribution is 2.29. The molecule has 1 aliphatic rings. The number of hydrogen-bond acceptors (Lipinski definition) is 5. The summed E-state index contributed by atoms with van der Waals surface area (Å²) in [6, 6.07) is 6.57. The summed E-state index contributed by atoms with van der Waals surface area (Å²) >= 11 is 0. The van der Waals surface area contributed by atoms with Crippen LogP contribution < -0.4 is 10.6 Å². The summed E-state index contributed by atoms with van der Waals surface area (Å²) in [5, 5.41) is 5.87. The zero-order chi connectivity index (χ0) is 22.8. The zero-order valence-electron chi connectivity index (χ0n) is 19.1. The summed E-state index contributed by atoms with van der Waals surface area (Å²) in [4.78, 5) is 40.8. The Bertz CT molecular complexity index is 753. The standard InChI is InChI=1S/C23H36N4O4/c1-5-17-16-27(12-10-18(17)15-21(28)24-11-13-26(3)4)23(30)25-20-9-7-8-19(14-20)22(29)31-6-2/h7-9,14,17-18H,5-6,10-13,15-16H2,1-4H3,(H,24,28)(H,25,30). The van der Waals surface area contributed by atoms with Crippen molar-refractivity contribution >= 4 is 23.6 Å². The Morgan fingerprint density at radius 1 is 1.19 bits per heavy atom. The topological polar surface area (TPSA) is 91.0 Å². The van der Waals surface area contributed by atoms with Gasteiger partial charge in [0.25, 0.3) is 0 Å². The van der Waals surface area contributed by atoms with Gasteiger partial charge in [0.1, 0.15) is 0 Å². The summed E-state index contributed by atoms with van der Waals surface area (Å²) in [5.74, 6) is 0.235. The number of likely N-dealkylation sites (tertiary alicyclic amines) is 1. The van der Waals surface area contributed by atoms with E-state index in [1.165, 1.54) is 0 Å². The number of carbonyl (C=O) groups is 3. The number of urea groups is 1. The molecular weight excluding hydrogens is 396 g/mol. The van der Waals surface area contributed by atoms with Gasteiger partial charge in [-0.25, -0.2) is 9.59 Å². The second-order valence-corrected chi connectivity index (χ2v) is 8.25. The molecule has 2 N–H and O–H groups in total. The Kier molecular flexibility index (Phi) is 9.78. The van der Waals surface area contributed by atoms with Crippen molar-refractivity contribution in [1.29, 1.82) is 0 Å². The number of nitrogens with one attached hydrogen (secondary N) is 2. The fourth-order valence-corrected chi connectivity index (χ4v) is 3.87. The summed E-state index contributed by atoms with van der Waals surface area (Å²) < 4.78 is 5.02.